The molecule has 0 radical (unpaired) electrons. The summed E-state index contributed by atoms with van der Waals surface area (Å²) in [4.78, 5) is 16.0. The zero-order valence-corrected chi connectivity index (χ0v) is 17.2. The number of rotatable bonds is 3. The summed E-state index contributed by atoms with van der Waals surface area (Å²) in [5, 5.41) is 6.42. The average molecular weight is 445 g/mol. The molecule has 1 unspecified atom stereocenters. The highest BCUT2D eigenvalue weighted by atomic mass is 127. The number of fused-ring (bicyclic) bond motifs is 1. The molecule has 0 fully saturated rings. The minimum absolute atomic E-state index is 0. The number of aliphatic imine (C=N–C) groups is 1. The molecule has 1 atom stereocenters. The number of nitrogens with one attached hydrogen (secondary N) is 2. The summed E-state index contributed by atoms with van der Waals surface area (Å²) in [6.45, 7) is 5.69. The van der Waals surface area contributed by atoms with Crippen LogP contribution in [-0.4, -0.2) is 37.2 Å². The molecule has 2 rings (SSSR count). The number of guanidine groups is 1. The fourth-order valence-corrected chi connectivity index (χ4v) is 2.74. The highest BCUT2D eigenvalue weighted by molar-refractivity contribution is 14.0. The lowest BCUT2D eigenvalue weighted by Gasteiger charge is -2.27. The van der Waals surface area contributed by atoms with Gasteiger partial charge in [-0.15, -0.1) is 24.0 Å². The first kappa shape index (κ1) is 20.7. The molecule has 0 saturated carbocycles. The summed E-state index contributed by atoms with van der Waals surface area (Å²) in [5.74, 6) is 0.356. The van der Waals surface area contributed by atoms with Crippen LogP contribution < -0.4 is 10.6 Å². The second-order valence-corrected chi connectivity index (χ2v) is 6.86. The molecule has 0 saturated heterocycles. The van der Waals surface area contributed by atoms with Crippen molar-refractivity contribution in [3.63, 3.8) is 0 Å². The monoisotopic (exact) mass is 445 g/mol. The molecule has 134 valence electrons. The van der Waals surface area contributed by atoms with Crippen LogP contribution in [0.1, 0.15) is 38.3 Å². The molecular formula is C18H28IN3O2. The third-order valence-electron chi connectivity index (χ3n) is 3.73. The van der Waals surface area contributed by atoms with Gasteiger partial charge in [-0.1, -0.05) is 24.3 Å². The van der Waals surface area contributed by atoms with Crippen LogP contribution >= 0.6 is 24.0 Å². The van der Waals surface area contributed by atoms with Crippen molar-refractivity contribution in [2.24, 2.45) is 4.99 Å². The number of ether oxygens (including phenoxy) is 1. The highest BCUT2D eigenvalue weighted by Crippen LogP contribution is 2.20. The third kappa shape index (κ3) is 6.67. The van der Waals surface area contributed by atoms with E-state index in [9.17, 15) is 4.79 Å². The van der Waals surface area contributed by atoms with E-state index in [1.54, 1.807) is 7.05 Å². The third-order valence-corrected chi connectivity index (χ3v) is 3.73. The van der Waals surface area contributed by atoms with Gasteiger partial charge in [0.25, 0.3) is 0 Å². The molecule has 0 bridgehead atoms. The Morgan fingerprint density at radius 3 is 2.58 bits per heavy atom. The topological polar surface area (TPSA) is 62.7 Å². The smallest absolute Gasteiger partial charge is 0.325 e. The van der Waals surface area contributed by atoms with Gasteiger partial charge in [0.1, 0.15) is 12.1 Å². The van der Waals surface area contributed by atoms with E-state index in [4.69, 9.17) is 4.74 Å². The summed E-state index contributed by atoms with van der Waals surface area (Å²) in [5.41, 5.74) is 2.35. The predicted molar refractivity (Wildman–Crippen MR) is 108 cm³/mol. The standard InChI is InChI=1S/C18H27N3O2.HI/c1-18(2,3)23-16(22)12-20-17(19-4)21-15-10-9-13-7-5-6-8-14(13)11-15;/h5-8,15H,9-12H2,1-4H3,(H2,19,20,21);1H. The van der Waals surface area contributed by atoms with Crippen molar-refractivity contribution in [2.75, 3.05) is 13.6 Å². The molecule has 2 N–H and O–H groups in total. The molecule has 24 heavy (non-hydrogen) atoms. The number of nitrogens with zero attached hydrogens (tertiary/aromatic N) is 1. The number of benzene rings is 1. The van der Waals surface area contributed by atoms with Crippen molar-refractivity contribution in [1.82, 2.24) is 10.6 Å². The lowest BCUT2D eigenvalue weighted by atomic mass is 9.88. The van der Waals surface area contributed by atoms with Crippen LogP contribution in [-0.2, 0) is 22.4 Å². The fraction of sp³-hybridized carbons (Fsp3) is 0.556. The Kier molecular flexibility index (Phi) is 7.99. The van der Waals surface area contributed by atoms with Crippen LogP contribution in [0.3, 0.4) is 0 Å². The Morgan fingerprint density at radius 1 is 1.29 bits per heavy atom. The number of hydrogen-bond donors (Lipinski definition) is 2. The van der Waals surface area contributed by atoms with Gasteiger partial charge in [0.2, 0.25) is 0 Å². The molecular weight excluding hydrogens is 417 g/mol. The number of halogens is 1. The van der Waals surface area contributed by atoms with Gasteiger partial charge in [-0.25, -0.2) is 0 Å². The van der Waals surface area contributed by atoms with Crippen molar-refractivity contribution < 1.29 is 9.53 Å². The lowest BCUT2D eigenvalue weighted by Crippen LogP contribution is -2.47. The van der Waals surface area contributed by atoms with Crippen molar-refractivity contribution in [3.8, 4) is 0 Å². The van der Waals surface area contributed by atoms with Crippen LogP contribution in [0, 0.1) is 0 Å². The average Bonchev–Trinajstić information content (AvgIpc) is 2.49. The number of hydrogen-bond acceptors (Lipinski definition) is 3. The van der Waals surface area contributed by atoms with E-state index < -0.39 is 5.60 Å². The molecule has 1 aromatic carbocycles. The summed E-state index contributed by atoms with van der Waals surface area (Å²) >= 11 is 0. The van der Waals surface area contributed by atoms with E-state index in [1.165, 1.54) is 11.1 Å². The maximum absolute atomic E-state index is 11.8. The Hall–Kier alpha value is -1.31. The summed E-state index contributed by atoms with van der Waals surface area (Å²) in [6.07, 6.45) is 3.10. The van der Waals surface area contributed by atoms with E-state index >= 15 is 0 Å². The van der Waals surface area contributed by atoms with Gasteiger partial charge >= 0.3 is 5.97 Å². The number of esters is 1. The summed E-state index contributed by atoms with van der Waals surface area (Å²) in [7, 11) is 1.71. The minimum Gasteiger partial charge on any atom is -0.459 e. The van der Waals surface area contributed by atoms with E-state index in [2.05, 4.69) is 39.9 Å². The quantitative estimate of drug-likeness (QED) is 0.325. The first-order valence-electron chi connectivity index (χ1n) is 8.13. The largest absolute Gasteiger partial charge is 0.459 e. The second-order valence-electron chi connectivity index (χ2n) is 6.86. The first-order chi connectivity index (χ1) is 10.9. The van der Waals surface area contributed by atoms with Crippen LogP contribution in [0.15, 0.2) is 29.3 Å². The fourth-order valence-electron chi connectivity index (χ4n) is 2.74. The molecule has 0 amide bonds. The van der Waals surface area contributed by atoms with Crippen LogP contribution in [0.25, 0.3) is 0 Å². The molecule has 1 aromatic rings. The number of carbonyl (C=O) groups is 1. The van der Waals surface area contributed by atoms with Crippen molar-refractivity contribution in [3.05, 3.63) is 35.4 Å². The molecule has 5 nitrogen and oxygen atoms in total. The molecule has 1 aliphatic rings. The van der Waals surface area contributed by atoms with Crippen molar-refractivity contribution in [2.45, 2.75) is 51.7 Å². The Morgan fingerprint density at radius 2 is 1.96 bits per heavy atom. The molecule has 6 heteroatoms. The maximum atomic E-state index is 11.8. The Bertz CT molecular complexity index is 582. The zero-order chi connectivity index (χ0) is 16.9. The zero-order valence-electron chi connectivity index (χ0n) is 14.9. The first-order valence-corrected chi connectivity index (χ1v) is 8.13. The maximum Gasteiger partial charge on any atom is 0.325 e. The van der Waals surface area contributed by atoms with Gasteiger partial charge in [-0.2, -0.15) is 0 Å². The Balaban J connectivity index is 0.00000288. The molecule has 1 aliphatic carbocycles. The van der Waals surface area contributed by atoms with Gasteiger partial charge in [-0.3, -0.25) is 9.79 Å². The van der Waals surface area contributed by atoms with Crippen LogP contribution in [0.4, 0.5) is 0 Å². The van der Waals surface area contributed by atoms with Crippen LogP contribution in [0.2, 0.25) is 0 Å². The van der Waals surface area contributed by atoms with Gasteiger partial charge in [0.15, 0.2) is 5.96 Å². The van der Waals surface area contributed by atoms with Gasteiger partial charge in [0.05, 0.1) is 0 Å². The van der Waals surface area contributed by atoms with Crippen molar-refractivity contribution in [1.29, 1.82) is 0 Å². The minimum atomic E-state index is -0.469. The molecule has 0 heterocycles. The molecule has 0 aromatic heterocycles. The SMILES string of the molecule is CN=C(NCC(=O)OC(C)(C)C)NC1CCc2ccccc2C1.I. The molecule has 0 aliphatic heterocycles. The van der Waals surface area contributed by atoms with Crippen molar-refractivity contribution >= 4 is 35.9 Å². The highest BCUT2D eigenvalue weighted by Gasteiger charge is 2.20. The van der Waals surface area contributed by atoms with Gasteiger partial charge in [0, 0.05) is 13.1 Å². The van der Waals surface area contributed by atoms with E-state index in [-0.39, 0.29) is 36.5 Å². The summed E-state index contributed by atoms with van der Waals surface area (Å²) in [6, 6.07) is 8.88. The number of carbonyl (C=O) groups excluding carboxylic acids is 1. The molecule has 0 spiro atoms. The van der Waals surface area contributed by atoms with Gasteiger partial charge in [-0.05, 0) is 51.2 Å². The van der Waals surface area contributed by atoms with E-state index in [1.807, 2.05) is 20.8 Å². The van der Waals surface area contributed by atoms with E-state index in [0.717, 1.165) is 19.3 Å². The van der Waals surface area contributed by atoms with E-state index in [0.29, 0.717) is 12.0 Å². The van der Waals surface area contributed by atoms with Crippen LogP contribution in [0.5, 0.6) is 0 Å². The lowest BCUT2D eigenvalue weighted by molar-refractivity contribution is -0.153. The normalized spacial score (nSPS) is 17.3. The Labute approximate surface area is 161 Å². The summed E-state index contributed by atoms with van der Waals surface area (Å²) < 4.78 is 5.28. The number of aryl methyl sites for hydroxylation is 1. The second kappa shape index (κ2) is 9.25. The van der Waals surface area contributed by atoms with Gasteiger partial charge < -0.3 is 15.4 Å². The predicted octanol–water partition coefficient (Wildman–Crippen LogP) is 2.67.